The number of rotatable bonds is 0. The van der Waals surface area contributed by atoms with E-state index in [2.05, 4.69) is 13.8 Å². The van der Waals surface area contributed by atoms with Crippen LogP contribution in [0.2, 0.25) is 0 Å². The van der Waals surface area contributed by atoms with Crippen molar-refractivity contribution in [2.75, 3.05) is 0 Å². The van der Waals surface area contributed by atoms with Gasteiger partial charge in [-0.15, -0.1) is 0 Å². The summed E-state index contributed by atoms with van der Waals surface area (Å²) < 4.78 is 12.4. The second-order valence-corrected chi connectivity index (χ2v) is 14.4. The smallest absolute Gasteiger partial charge is 0.309 e. The molecule has 6 heteroatoms. The van der Waals surface area contributed by atoms with Crippen LogP contribution in [0.25, 0.3) is 0 Å². The molecule has 5 aliphatic carbocycles. The Balaban J connectivity index is 1.46. The maximum absolute atomic E-state index is 13.0. The van der Waals surface area contributed by atoms with E-state index in [1.807, 2.05) is 27.7 Å². The number of hydrogen-bond donors (Lipinski definition) is 2. The molecule has 0 aromatic heterocycles. The van der Waals surface area contributed by atoms with Crippen LogP contribution in [0.3, 0.4) is 0 Å². The van der Waals surface area contributed by atoms with E-state index >= 15 is 0 Å². The molecule has 7 aliphatic rings. The molecule has 6 fully saturated rings. The van der Waals surface area contributed by atoms with Crippen LogP contribution < -0.4 is 0 Å². The molecule has 36 heavy (non-hydrogen) atoms. The number of aliphatic hydroxyl groups is 2. The second kappa shape index (κ2) is 6.97. The van der Waals surface area contributed by atoms with Gasteiger partial charge in [0.05, 0.1) is 23.0 Å². The van der Waals surface area contributed by atoms with Gasteiger partial charge in [-0.25, -0.2) is 0 Å². The third-order valence-electron chi connectivity index (χ3n) is 12.9. The molecule has 15 atom stereocenters. The molecule has 0 aromatic rings. The number of allylic oxidation sites excluding steroid dienone is 1. The minimum absolute atomic E-state index is 0.0273. The minimum atomic E-state index is -0.902. The largest absolute Gasteiger partial charge is 0.461 e. The van der Waals surface area contributed by atoms with Gasteiger partial charge in [-0.05, 0) is 82.1 Å². The summed E-state index contributed by atoms with van der Waals surface area (Å²) in [6.07, 6.45) is 3.41. The highest BCUT2D eigenvalue weighted by Crippen LogP contribution is 2.80. The van der Waals surface area contributed by atoms with Crippen LogP contribution in [0.4, 0.5) is 0 Å². The molecule has 2 N–H and O–H groups in total. The summed E-state index contributed by atoms with van der Waals surface area (Å²) >= 11 is 0. The Morgan fingerprint density at radius 1 is 0.833 bits per heavy atom. The molecule has 2 saturated heterocycles. The van der Waals surface area contributed by atoms with Gasteiger partial charge in [0.2, 0.25) is 0 Å². The van der Waals surface area contributed by atoms with Crippen LogP contribution >= 0.6 is 0 Å². The van der Waals surface area contributed by atoms with Crippen LogP contribution in [0.15, 0.2) is 11.1 Å². The van der Waals surface area contributed by atoms with E-state index in [0.717, 1.165) is 24.8 Å². The Bertz CT molecular complexity index is 1070. The SMILES string of the molecule is CC1=C2[C@H]3OC(=O)[C@H](C)[C@@H]3CC[C@@](C)(O)[C@@H]2[C@H]2[C@H]3C[C@@H](C)[C@]4([C@@H]3[C@@](C)(O)CC[C@H]3[C@H](C)C(=O)O[C@@H]34)[C@@H]12. The Morgan fingerprint density at radius 3 is 2.17 bits per heavy atom. The fraction of sp³-hybridized carbons (Fsp3) is 0.867. The van der Waals surface area contributed by atoms with Gasteiger partial charge in [0.15, 0.2) is 0 Å². The molecule has 0 amide bonds. The molecule has 0 spiro atoms. The third kappa shape index (κ3) is 2.48. The van der Waals surface area contributed by atoms with E-state index in [4.69, 9.17) is 9.47 Å². The topological polar surface area (TPSA) is 93.1 Å². The zero-order valence-corrected chi connectivity index (χ0v) is 22.5. The van der Waals surface area contributed by atoms with E-state index in [9.17, 15) is 19.8 Å². The normalized spacial score (nSPS) is 61.0. The summed E-state index contributed by atoms with van der Waals surface area (Å²) in [5.41, 5.74) is 0.300. The first-order chi connectivity index (χ1) is 16.8. The molecule has 2 aliphatic heterocycles. The summed E-state index contributed by atoms with van der Waals surface area (Å²) in [5.74, 6) is 0.421. The Hall–Kier alpha value is -1.40. The number of esters is 2. The first-order valence-electron chi connectivity index (χ1n) is 14.4. The zero-order valence-electron chi connectivity index (χ0n) is 22.5. The van der Waals surface area contributed by atoms with Crippen molar-refractivity contribution < 1.29 is 29.3 Å². The second-order valence-electron chi connectivity index (χ2n) is 14.4. The first kappa shape index (κ1) is 23.7. The molecule has 0 radical (unpaired) electrons. The van der Waals surface area contributed by atoms with Crippen LogP contribution in [-0.4, -0.2) is 45.6 Å². The van der Waals surface area contributed by atoms with E-state index < -0.39 is 11.2 Å². The van der Waals surface area contributed by atoms with Gasteiger partial charge in [-0.1, -0.05) is 26.3 Å². The van der Waals surface area contributed by atoms with Crippen LogP contribution in [-0.2, 0) is 19.1 Å². The van der Waals surface area contributed by atoms with Gasteiger partial charge < -0.3 is 19.7 Å². The van der Waals surface area contributed by atoms with Gasteiger partial charge >= 0.3 is 11.9 Å². The average molecular weight is 499 g/mol. The molecular formula is C30H42O6. The third-order valence-corrected chi connectivity index (χ3v) is 12.9. The number of ether oxygens (including phenoxy) is 2. The molecule has 2 heterocycles. The van der Waals surface area contributed by atoms with Crippen molar-refractivity contribution in [2.45, 2.75) is 97.1 Å². The van der Waals surface area contributed by atoms with Crippen LogP contribution in [0.1, 0.15) is 73.6 Å². The van der Waals surface area contributed by atoms with Gasteiger partial charge in [0.1, 0.15) is 12.2 Å². The van der Waals surface area contributed by atoms with Gasteiger partial charge in [-0.3, -0.25) is 9.59 Å². The predicted octanol–water partition coefficient (Wildman–Crippen LogP) is 3.88. The van der Waals surface area contributed by atoms with Crippen molar-refractivity contribution in [2.24, 2.45) is 64.6 Å². The molecule has 7 rings (SSSR count). The minimum Gasteiger partial charge on any atom is -0.461 e. The van der Waals surface area contributed by atoms with E-state index in [1.165, 1.54) is 5.57 Å². The summed E-state index contributed by atoms with van der Waals surface area (Å²) in [7, 11) is 0. The van der Waals surface area contributed by atoms with E-state index in [-0.39, 0.29) is 82.8 Å². The van der Waals surface area contributed by atoms with Crippen molar-refractivity contribution in [1.82, 2.24) is 0 Å². The molecule has 0 aromatic carbocycles. The number of carbonyl (C=O) groups excluding carboxylic acids is 2. The molecular weight excluding hydrogens is 456 g/mol. The lowest BCUT2D eigenvalue weighted by Gasteiger charge is -2.50. The lowest BCUT2D eigenvalue weighted by Crippen LogP contribution is -2.53. The summed E-state index contributed by atoms with van der Waals surface area (Å²) in [6.45, 7) is 12.5. The lowest BCUT2D eigenvalue weighted by molar-refractivity contribution is -0.160. The monoisotopic (exact) mass is 498 g/mol. The Kier molecular flexibility index (Phi) is 4.59. The van der Waals surface area contributed by atoms with Crippen molar-refractivity contribution in [3.8, 4) is 0 Å². The highest BCUT2D eigenvalue weighted by Gasteiger charge is 2.80. The zero-order chi connectivity index (χ0) is 25.7. The maximum Gasteiger partial charge on any atom is 0.309 e. The van der Waals surface area contributed by atoms with Crippen LogP contribution in [0, 0.1) is 64.6 Å². The fourth-order valence-corrected chi connectivity index (χ4v) is 11.7. The summed E-state index contributed by atoms with van der Waals surface area (Å²) in [5, 5.41) is 24.1. The van der Waals surface area contributed by atoms with Crippen molar-refractivity contribution in [1.29, 1.82) is 0 Å². The van der Waals surface area contributed by atoms with E-state index in [1.54, 1.807) is 0 Å². The maximum atomic E-state index is 13.0. The lowest BCUT2D eigenvalue weighted by atomic mass is 9.56. The summed E-state index contributed by atoms with van der Waals surface area (Å²) in [4.78, 5) is 25.7. The van der Waals surface area contributed by atoms with Gasteiger partial charge in [0, 0.05) is 29.1 Å². The Morgan fingerprint density at radius 2 is 1.44 bits per heavy atom. The molecule has 2 bridgehead atoms. The average Bonchev–Trinajstić information content (AvgIpc) is 3.49. The molecule has 198 valence electrons. The molecule has 4 saturated carbocycles. The van der Waals surface area contributed by atoms with Crippen molar-refractivity contribution in [3.05, 3.63) is 11.1 Å². The highest BCUT2D eigenvalue weighted by atomic mass is 16.6. The predicted molar refractivity (Wildman–Crippen MR) is 131 cm³/mol. The fourth-order valence-electron chi connectivity index (χ4n) is 11.7. The number of carbonyl (C=O) groups is 2. The van der Waals surface area contributed by atoms with Crippen LogP contribution in [0.5, 0.6) is 0 Å². The standard InChI is InChI=1S/C30H42O6/c1-12-11-18-20-21(30(12)24(18)29(6,34)10-8-17-14(3)27(32)36-25(17)30)15(4)19-22(20)28(5,33)9-7-16-13(2)26(31)35-23(16)19/h12-14,16-18,20-25,33-34H,7-11H2,1-6H3/t12-,13-,14+,16+,17+,18-,20+,21+,22+,23+,24+,25+,28-,29+,30-/m1/s1. The highest BCUT2D eigenvalue weighted by molar-refractivity contribution is 5.76. The van der Waals surface area contributed by atoms with Crippen molar-refractivity contribution >= 4 is 11.9 Å². The number of fused-ring (bicyclic) bond motifs is 7. The van der Waals surface area contributed by atoms with E-state index in [0.29, 0.717) is 18.8 Å². The van der Waals surface area contributed by atoms with Crippen molar-refractivity contribution in [3.63, 3.8) is 0 Å². The van der Waals surface area contributed by atoms with Gasteiger partial charge in [-0.2, -0.15) is 0 Å². The first-order valence-corrected chi connectivity index (χ1v) is 14.4. The Labute approximate surface area is 214 Å². The quantitative estimate of drug-likeness (QED) is 0.389. The van der Waals surface area contributed by atoms with Gasteiger partial charge in [0.25, 0.3) is 0 Å². The molecule has 6 nitrogen and oxygen atoms in total. The summed E-state index contributed by atoms with van der Waals surface area (Å²) in [6, 6.07) is 0. The molecule has 0 unspecified atom stereocenters. The number of hydrogen-bond acceptors (Lipinski definition) is 6.